The van der Waals surface area contributed by atoms with E-state index >= 15 is 0 Å². The number of aliphatic hydroxyl groups is 3. The first-order chi connectivity index (χ1) is 17.2. The van der Waals surface area contributed by atoms with E-state index in [2.05, 4.69) is 13.0 Å². The molecule has 1 heterocycles. The molecule has 1 aliphatic heterocycles. The Kier molecular flexibility index (Phi) is 9.50. The summed E-state index contributed by atoms with van der Waals surface area (Å²) in [5.74, 6) is -2.18. The highest BCUT2D eigenvalue weighted by Crippen LogP contribution is 2.46. The number of imide groups is 1. The molecule has 3 rings (SSSR count). The van der Waals surface area contributed by atoms with Crippen LogP contribution in [0.15, 0.2) is 28.9 Å². The molecule has 0 unspecified atom stereocenters. The van der Waals surface area contributed by atoms with Crippen LogP contribution >= 0.6 is 0 Å². The summed E-state index contributed by atoms with van der Waals surface area (Å²) in [5, 5.41) is 41.7. The maximum atomic E-state index is 13.1. The van der Waals surface area contributed by atoms with Gasteiger partial charge in [0.2, 0.25) is 11.8 Å². The molecule has 7 nitrogen and oxygen atoms in total. The number of aliphatic hydroxyl groups excluding tert-OH is 3. The van der Waals surface area contributed by atoms with Gasteiger partial charge in [0, 0.05) is 12.5 Å². The Bertz CT molecular complexity index is 1020. The Morgan fingerprint density at radius 1 is 1.08 bits per heavy atom. The van der Waals surface area contributed by atoms with Crippen LogP contribution in [0, 0.1) is 31.6 Å². The molecule has 1 fully saturated rings. The molecule has 0 bridgehead atoms. The number of carbonyl (C=O) groups excluding carboxylic acids is 2. The Hall–Kier alpha value is -2.48. The lowest BCUT2D eigenvalue weighted by molar-refractivity contribution is -0.140. The van der Waals surface area contributed by atoms with Gasteiger partial charge in [0.15, 0.2) is 0 Å². The molecule has 4 atom stereocenters. The fourth-order valence-corrected chi connectivity index (χ4v) is 5.99. The molecule has 7 heteroatoms. The summed E-state index contributed by atoms with van der Waals surface area (Å²) in [7, 11) is 0. The van der Waals surface area contributed by atoms with Gasteiger partial charge in [-0.3, -0.25) is 14.5 Å². The van der Waals surface area contributed by atoms with Gasteiger partial charge in [-0.2, -0.15) is 0 Å². The monoisotopic (exact) mass is 499 g/mol. The standard InChI is InChI=1S/C29H41NO6/c1-5-7-19(13-20-11-17(3)27(34)18(4)12-20)8-9-24(33)25-21(15-31)14-22-26(23(25)16-32)29(36)30(10-6-2)28(22)35/h11-13,22-24,26,31-34H,5-10,14-16H2,1-4H3/b19-13+/t22-,23+,24-,26-/m1/s1. The van der Waals surface area contributed by atoms with Gasteiger partial charge in [-0.05, 0) is 85.9 Å². The van der Waals surface area contributed by atoms with Crippen LogP contribution in [0.2, 0.25) is 0 Å². The molecule has 1 saturated heterocycles. The maximum Gasteiger partial charge on any atom is 0.233 e. The zero-order valence-corrected chi connectivity index (χ0v) is 22.0. The smallest absolute Gasteiger partial charge is 0.233 e. The summed E-state index contributed by atoms with van der Waals surface area (Å²) >= 11 is 0. The van der Waals surface area contributed by atoms with Gasteiger partial charge in [-0.25, -0.2) is 0 Å². The van der Waals surface area contributed by atoms with Gasteiger partial charge in [0.1, 0.15) is 5.75 Å². The van der Waals surface area contributed by atoms with E-state index in [-0.39, 0.29) is 31.4 Å². The fourth-order valence-electron chi connectivity index (χ4n) is 5.99. The molecule has 2 amide bonds. The highest BCUT2D eigenvalue weighted by molar-refractivity contribution is 6.05. The van der Waals surface area contributed by atoms with Gasteiger partial charge in [-0.15, -0.1) is 0 Å². The van der Waals surface area contributed by atoms with Crippen molar-refractivity contribution in [3.05, 3.63) is 45.5 Å². The van der Waals surface area contributed by atoms with Crippen molar-refractivity contribution in [1.82, 2.24) is 4.90 Å². The van der Waals surface area contributed by atoms with Crippen molar-refractivity contribution >= 4 is 17.9 Å². The molecule has 4 N–H and O–H groups in total. The lowest BCUT2D eigenvalue weighted by atomic mass is 9.68. The molecule has 2 aliphatic rings. The first-order valence-corrected chi connectivity index (χ1v) is 13.1. The lowest BCUT2D eigenvalue weighted by Gasteiger charge is -2.36. The Balaban J connectivity index is 1.85. The number of nitrogens with zero attached hydrogens (tertiary/aromatic N) is 1. The maximum absolute atomic E-state index is 13.1. The van der Waals surface area contributed by atoms with Crippen LogP contribution in [0.3, 0.4) is 0 Å². The number of hydrogen-bond donors (Lipinski definition) is 4. The van der Waals surface area contributed by atoms with Crippen molar-refractivity contribution in [1.29, 1.82) is 0 Å². The highest BCUT2D eigenvalue weighted by atomic mass is 16.3. The van der Waals surface area contributed by atoms with Gasteiger partial charge >= 0.3 is 0 Å². The number of hydrogen-bond acceptors (Lipinski definition) is 6. The number of phenols is 1. The van der Waals surface area contributed by atoms with Crippen LogP contribution in [-0.2, 0) is 9.59 Å². The number of amides is 2. The van der Waals surface area contributed by atoms with Gasteiger partial charge in [0.05, 0.1) is 31.2 Å². The number of rotatable bonds is 11. The summed E-state index contributed by atoms with van der Waals surface area (Å²) in [6, 6.07) is 3.88. The second kappa shape index (κ2) is 12.2. The molecule has 1 aromatic rings. The van der Waals surface area contributed by atoms with Crippen LogP contribution in [0.1, 0.15) is 69.1 Å². The summed E-state index contributed by atoms with van der Waals surface area (Å²) in [4.78, 5) is 27.3. The average molecular weight is 500 g/mol. The van der Waals surface area contributed by atoms with Crippen molar-refractivity contribution in [3.63, 3.8) is 0 Å². The molecular formula is C29H41NO6. The third-order valence-electron chi connectivity index (χ3n) is 7.66. The van der Waals surface area contributed by atoms with E-state index in [4.69, 9.17) is 0 Å². The van der Waals surface area contributed by atoms with Crippen molar-refractivity contribution in [2.24, 2.45) is 17.8 Å². The van der Waals surface area contributed by atoms with E-state index in [1.807, 2.05) is 32.9 Å². The minimum Gasteiger partial charge on any atom is -0.507 e. The van der Waals surface area contributed by atoms with Crippen LogP contribution in [-0.4, -0.2) is 63.0 Å². The number of benzene rings is 1. The van der Waals surface area contributed by atoms with Gasteiger partial charge < -0.3 is 20.4 Å². The fraction of sp³-hybridized carbons (Fsp3) is 0.586. The van der Waals surface area contributed by atoms with E-state index in [9.17, 15) is 30.0 Å². The molecule has 1 aliphatic carbocycles. The number of phenolic OH excluding ortho intramolecular Hbond substituents is 1. The van der Waals surface area contributed by atoms with Crippen molar-refractivity contribution < 1.29 is 30.0 Å². The molecule has 36 heavy (non-hydrogen) atoms. The number of allylic oxidation sites excluding steroid dienone is 1. The summed E-state index contributed by atoms with van der Waals surface area (Å²) in [5.41, 5.74) is 4.86. The zero-order valence-electron chi connectivity index (χ0n) is 22.0. The SMILES string of the molecule is CCC/C(=C\c1cc(C)c(O)c(C)c1)CC[C@@H](O)C1=C(CO)C[C@H]2C(=O)N(CCC)C(=O)[C@H]2[C@H]1CO. The van der Waals surface area contributed by atoms with Gasteiger partial charge in [-0.1, -0.05) is 31.9 Å². The molecule has 0 saturated carbocycles. The minimum absolute atomic E-state index is 0.235. The second-order valence-electron chi connectivity index (χ2n) is 10.3. The minimum atomic E-state index is -0.933. The molecule has 0 aromatic heterocycles. The summed E-state index contributed by atoms with van der Waals surface area (Å²) in [6.45, 7) is 7.40. The number of fused-ring (bicyclic) bond motifs is 1. The summed E-state index contributed by atoms with van der Waals surface area (Å²) in [6.07, 6.45) is 4.84. The normalized spacial score (nSPS) is 23.5. The third kappa shape index (κ3) is 5.58. The topological polar surface area (TPSA) is 118 Å². The molecule has 1 aromatic carbocycles. The largest absolute Gasteiger partial charge is 0.507 e. The predicted molar refractivity (Wildman–Crippen MR) is 139 cm³/mol. The molecule has 0 spiro atoms. The Labute approximate surface area is 214 Å². The third-order valence-corrected chi connectivity index (χ3v) is 7.66. The summed E-state index contributed by atoms with van der Waals surface area (Å²) < 4.78 is 0. The van der Waals surface area contributed by atoms with E-state index in [0.29, 0.717) is 42.7 Å². The second-order valence-corrected chi connectivity index (χ2v) is 10.3. The van der Waals surface area contributed by atoms with Crippen molar-refractivity contribution in [2.45, 2.75) is 72.3 Å². The van der Waals surface area contributed by atoms with Crippen LogP contribution in [0.4, 0.5) is 0 Å². The van der Waals surface area contributed by atoms with Crippen molar-refractivity contribution in [3.8, 4) is 5.75 Å². The van der Waals surface area contributed by atoms with Gasteiger partial charge in [0.25, 0.3) is 0 Å². The molecule has 198 valence electrons. The number of aromatic hydroxyl groups is 1. The molecule has 0 radical (unpaired) electrons. The van der Waals surface area contributed by atoms with Crippen LogP contribution < -0.4 is 0 Å². The predicted octanol–water partition coefficient (Wildman–Crippen LogP) is 3.65. The zero-order chi connectivity index (χ0) is 26.6. The van der Waals surface area contributed by atoms with Crippen molar-refractivity contribution in [2.75, 3.05) is 19.8 Å². The Morgan fingerprint density at radius 2 is 1.75 bits per heavy atom. The molecular weight excluding hydrogens is 458 g/mol. The first-order valence-electron chi connectivity index (χ1n) is 13.1. The Morgan fingerprint density at radius 3 is 2.31 bits per heavy atom. The highest BCUT2D eigenvalue weighted by Gasteiger charge is 2.54. The average Bonchev–Trinajstić information content (AvgIpc) is 3.09. The van der Waals surface area contributed by atoms with E-state index < -0.39 is 23.9 Å². The van der Waals surface area contributed by atoms with E-state index in [1.54, 1.807) is 0 Å². The number of likely N-dealkylation sites (tertiary alicyclic amines) is 1. The number of carbonyl (C=O) groups is 2. The number of aryl methyl sites for hydroxylation is 2. The quantitative estimate of drug-likeness (QED) is 0.273. The lowest BCUT2D eigenvalue weighted by Crippen LogP contribution is -2.39. The van der Waals surface area contributed by atoms with Crippen LogP contribution in [0.25, 0.3) is 6.08 Å². The van der Waals surface area contributed by atoms with Crippen LogP contribution in [0.5, 0.6) is 5.75 Å². The van der Waals surface area contributed by atoms with E-state index in [0.717, 1.165) is 35.1 Å². The first kappa shape index (κ1) is 28.1. The van der Waals surface area contributed by atoms with E-state index in [1.165, 1.54) is 4.90 Å².